The highest BCUT2D eigenvalue weighted by molar-refractivity contribution is 5.30. The minimum atomic E-state index is -3.36. The standard InChI is InChI=1S/C21H28F4O/c1-13-3-5-15(6-4-13)16-7-9-17(10-8-16)21(24,25)26-18-11-14(2)20(23)19(22)12-18/h11-13,15-17H,3-10H2,1-2H3. The SMILES string of the molecule is Cc1cc(OC(F)(F)C2CCC(C3CCC(C)CC3)CC2)cc(F)c1F. The number of alkyl halides is 2. The summed E-state index contributed by atoms with van der Waals surface area (Å²) in [5.41, 5.74) is -0.0361. The number of hydrogen-bond donors (Lipinski definition) is 0. The van der Waals surface area contributed by atoms with Crippen molar-refractivity contribution in [2.75, 3.05) is 0 Å². The topological polar surface area (TPSA) is 9.23 Å². The van der Waals surface area contributed by atoms with Gasteiger partial charge in [-0.2, -0.15) is 8.78 Å². The van der Waals surface area contributed by atoms with Gasteiger partial charge in [-0.15, -0.1) is 0 Å². The van der Waals surface area contributed by atoms with Gasteiger partial charge in [0.05, 0.1) is 5.92 Å². The maximum absolute atomic E-state index is 14.5. The molecule has 0 unspecified atom stereocenters. The van der Waals surface area contributed by atoms with Crippen LogP contribution in [0.4, 0.5) is 17.6 Å². The normalized spacial score (nSPS) is 30.2. The minimum absolute atomic E-state index is 0.0361. The van der Waals surface area contributed by atoms with E-state index in [2.05, 4.69) is 6.92 Å². The van der Waals surface area contributed by atoms with Gasteiger partial charge in [0.1, 0.15) is 5.75 Å². The van der Waals surface area contributed by atoms with Crippen molar-refractivity contribution in [1.82, 2.24) is 0 Å². The van der Waals surface area contributed by atoms with E-state index in [0.29, 0.717) is 30.7 Å². The molecule has 0 atom stereocenters. The molecule has 5 heteroatoms. The molecule has 2 saturated carbocycles. The predicted octanol–water partition coefficient (Wildman–Crippen LogP) is 6.88. The van der Waals surface area contributed by atoms with Crippen LogP contribution in [0.5, 0.6) is 5.75 Å². The second-order valence-electron chi connectivity index (χ2n) is 8.33. The molecule has 2 aliphatic rings. The van der Waals surface area contributed by atoms with E-state index in [4.69, 9.17) is 4.74 Å². The highest BCUT2D eigenvalue weighted by Crippen LogP contribution is 2.45. The van der Waals surface area contributed by atoms with Gasteiger partial charge in [-0.1, -0.05) is 19.8 Å². The van der Waals surface area contributed by atoms with E-state index in [1.165, 1.54) is 32.6 Å². The molecular weight excluding hydrogens is 344 g/mol. The van der Waals surface area contributed by atoms with Crippen LogP contribution in [0, 0.1) is 42.2 Å². The predicted molar refractivity (Wildman–Crippen MR) is 93.2 cm³/mol. The van der Waals surface area contributed by atoms with Crippen molar-refractivity contribution in [3.63, 3.8) is 0 Å². The Bertz CT molecular complexity index is 591. The quantitative estimate of drug-likeness (QED) is 0.524. The molecule has 1 aromatic rings. The summed E-state index contributed by atoms with van der Waals surface area (Å²) in [5, 5.41) is 0. The number of halogens is 4. The Morgan fingerprint density at radius 2 is 1.42 bits per heavy atom. The zero-order chi connectivity index (χ0) is 18.9. The molecule has 1 nitrogen and oxygen atoms in total. The van der Waals surface area contributed by atoms with Crippen molar-refractivity contribution < 1.29 is 22.3 Å². The highest BCUT2D eigenvalue weighted by Gasteiger charge is 2.45. The summed E-state index contributed by atoms with van der Waals surface area (Å²) in [6.07, 6.45) is 4.04. The van der Waals surface area contributed by atoms with Crippen LogP contribution in [0.15, 0.2) is 12.1 Å². The van der Waals surface area contributed by atoms with E-state index < -0.39 is 23.7 Å². The van der Waals surface area contributed by atoms with Gasteiger partial charge in [-0.3, -0.25) is 0 Å². The van der Waals surface area contributed by atoms with Crippen LogP contribution in [0.2, 0.25) is 0 Å². The van der Waals surface area contributed by atoms with Gasteiger partial charge >= 0.3 is 6.11 Å². The molecule has 0 aromatic heterocycles. The van der Waals surface area contributed by atoms with Crippen LogP contribution in [0.25, 0.3) is 0 Å². The molecule has 0 aliphatic heterocycles. The molecule has 0 heterocycles. The molecule has 2 aliphatic carbocycles. The third-order valence-corrected chi connectivity index (χ3v) is 6.41. The Hall–Kier alpha value is -1.26. The molecule has 3 rings (SSSR count). The first kappa shape index (κ1) is 19.5. The van der Waals surface area contributed by atoms with Crippen LogP contribution in [0.1, 0.15) is 63.9 Å². The molecule has 146 valence electrons. The fourth-order valence-corrected chi connectivity index (χ4v) is 4.68. The van der Waals surface area contributed by atoms with E-state index in [-0.39, 0.29) is 11.3 Å². The molecule has 0 bridgehead atoms. The Balaban J connectivity index is 1.57. The van der Waals surface area contributed by atoms with Gasteiger partial charge < -0.3 is 4.74 Å². The molecule has 0 saturated heterocycles. The summed E-state index contributed by atoms with van der Waals surface area (Å²) >= 11 is 0. The van der Waals surface area contributed by atoms with Gasteiger partial charge in [0.2, 0.25) is 0 Å². The molecule has 26 heavy (non-hydrogen) atoms. The third-order valence-electron chi connectivity index (χ3n) is 6.41. The van der Waals surface area contributed by atoms with Crippen molar-refractivity contribution in [3.8, 4) is 5.75 Å². The fraction of sp³-hybridized carbons (Fsp3) is 0.714. The van der Waals surface area contributed by atoms with Crippen molar-refractivity contribution >= 4 is 0 Å². The first-order valence-corrected chi connectivity index (χ1v) is 9.78. The Morgan fingerprint density at radius 1 is 0.885 bits per heavy atom. The van der Waals surface area contributed by atoms with E-state index >= 15 is 0 Å². The lowest BCUT2D eigenvalue weighted by Gasteiger charge is -2.38. The van der Waals surface area contributed by atoms with Crippen molar-refractivity contribution in [3.05, 3.63) is 29.3 Å². The average Bonchev–Trinajstić information content (AvgIpc) is 2.60. The monoisotopic (exact) mass is 372 g/mol. The smallest absolute Gasteiger partial charge is 0.400 e. The first-order valence-electron chi connectivity index (χ1n) is 9.78. The van der Waals surface area contributed by atoms with E-state index in [9.17, 15) is 17.6 Å². The summed E-state index contributed by atoms with van der Waals surface area (Å²) in [6, 6.07) is 1.83. The van der Waals surface area contributed by atoms with Gasteiger partial charge in [-0.25, -0.2) is 8.78 Å². The second-order valence-corrected chi connectivity index (χ2v) is 8.33. The molecule has 2 fully saturated rings. The van der Waals surface area contributed by atoms with E-state index in [0.717, 1.165) is 24.8 Å². The lowest BCUT2D eigenvalue weighted by Crippen LogP contribution is -2.38. The van der Waals surface area contributed by atoms with Gasteiger partial charge in [-0.05, 0) is 74.8 Å². The number of benzene rings is 1. The van der Waals surface area contributed by atoms with Crippen LogP contribution < -0.4 is 4.74 Å². The molecule has 0 radical (unpaired) electrons. The number of ether oxygens (including phenoxy) is 1. The molecule has 1 aromatic carbocycles. The van der Waals surface area contributed by atoms with E-state index in [1.54, 1.807) is 0 Å². The van der Waals surface area contributed by atoms with Crippen molar-refractivity contribution in [2.24, 2.45) is 23.7 Å². The molecule has 0 spiro atoms. The molecule has 0 amide bonds. The fourth-order valence-electron chi connectivity index (χ4n) is 4.68. The zero-order valence-corrected chi connectivity index (χ0v) is 15.5. The van der Waals surface area contributed by atoms with Gasteiger partial charge in [0.15, 0.2) is 11.6 Å². The summed E-state index contributed by atoms with van der Waals surface area (Å²) in [6.45, 7) is 3.62. The second kappa shape index (κ2) is 7.77. The number of aryl methyl sites for hydroxylation is 1. The summed E-state index contributed by atoms with van der Waals surface area (Å²) in [7, 11) is 0. The lowest BCUT2D eigenvalue weighted by molar-refractivity contribution is -0.224. The number of rotatable bonds is 4. The van der Waals surface area contributed by atoms with Crippen LogP contribution >= 0.6 is 0 Å². The number of hydrogen-bond acceptors (Lipinski definition) is 1. The van der Waals surface area contributed by atoms with Crippen LogP contribution in [0.3, 0.4) is 0 Å². The Morgan fingerprint density at radius 3 is 1.96 bits per heavy atom. The first-order chi connectivity index (χ1) is 12.3. The van der Waals surface area contributed by atoms with Gasteiger partial charge in [0, 0.05) is 6.07 Å². The summed E-state index contributed by atoms with van der Waals surface area (Å²) in [5.74, 6) is -1.35. The molecular formula is C21H28F4O. The minimum Gasteiger partial charge on any atom is -0.432 e. The van der Waals surface area contributed by atoms with Crippen LogP contribution in [-0.2, 0) is 0 Å². The van der Waals surface area contributed by atoms with Crippen molar-refractivity contribution in [2.45, 2.75) is 71.3 Å². The Labute approximate surface area is 153 Å². The van der Waals surface area contributed by atoms with E-state index in [1.807, 2.05) is 0 Å². The van der Waals surface area contributed by atoms with Gasteiger partial charge in [0.25, 0.3) is 0 Å². The summed E-state index contributed by atoms with van der Waals surface area (Å²) < 4.78 is 60.7. The van der Waals surface area contributed by atoms with Crippen LogP contribution in [-0.4, -0.2) is 6.11 Å². The average molecular weight is 372 g/mol. The Kier molecular flexibility index (Phi) is 5.83. The third kappa shape index (κ3) is 4.34. The largest absolute Gasteiger partial charge is 0.432 e. The zero-order valence-electron chi connectivity index (χ0n) is 15.5. The maximum Gasteiger partial charge on any atom is 0.400 e. The summed E-state index contributed by atoms with van der Waals surface area (Å²) in [4.78, 5) is 0. The maximum atomic E-state index is 14.5. The highest BCUT2D eigenvalue weighted by atomic mass is 19.3. The lowest BCUT2D eigenvalue weighted by atomic mass is 9.69. The van der Waals surface area contributed by atoms with Crippen molar-refractivity contribution in [1.29, 1.82) is 0 Å². The molecule has 0 N–H and O–H groups in total.